The van der Waals surface area contributed by atoms with E-state index in [1.165, 1.54) is 44.1 Å². The molecule has 3 fully saturated rings. The molecule has 0 aromatic rings. The number of allylic oxidation sites excluding steroid dienone is 1. The van der Waals surface area contributed by atoms with Crippen LogP contribution in [0.5, 0.6) is 0 Å². The van der Waals surface area contributed by atoms with Gasteiger partial charge in [0.05, 0.1) is 17.8 Å². The van der Waals surface area contributed by atoms with Gasteiger partial charge in [-0.1, -0.05) is 25.0 Å². The fourth-order valence-electron chi connectivity index (χ4n) is 8.50. The van der Waals surface area contributed by atoms with Crippen molar-refractivity contribution < 1.29 is 14.9 Å². The second-order valence-corrected chi connectivity index (χ2v) is 12.6. The highest BCUT2D eigenvalue weighted by atomic mass is 16.5. The minimum Gasteiger partial charge on any atom is -0.390 e. The van der Waals surface area contributed by atoms with Crippen LogP contribution in [0.1, 0.15) is 98.3 Å². The summed E-state index contributed by atoms with van der Waals surface area (Å²) in [7, 11) is 1.87. The SMILES string of the molecule is COC[C@]12CC[C@](C)(O)CC1=CC[C@@H]1[C@@H]2CC[C@]2(C)[C@@H](CCCC(C)(C)O)CC[C@@H]12. The van der Waals surface area contributed by atoms with Crippen molar-refractivity contribution in [1.82, 2.24) is 0 Å². The van der Waals surface area contributed by atoms with Crippen LogP contribution in [-0.2, 0) is 4.74 Å². The fourth-order valence-corrected chi connectivity index (χ4v) is 8.50. The van der Waals surface area contributed by atoms with Gasteiger partial charge in [0.1, 0.15) is 0 Å². The highest BCUT2D eigenvalue weighted by Gasteiger charge is 2.60. The van der Waals surface area contributed by atoms with Crippen molar-refractivity contribution >= 4 is 0 Å². The molecule has 0 aliphatic heterocycles. The normalized spacial score (nSPS) is 46.0. The Morgan fingerprint density at radius 3 is 2.57 bits per heavy atom. The molecule has 7 atom stereocenters. The van der Waals surface area contributed by atoms with Gasteiger partial charge in [-0.15, -0.1) is 0 Å². The van der Waals surface area contributed by atoms with Crippen LogP contribution in [0.15, 0.2) is 11.6 Å². The molecule has 0 spiro atoms. The topological polar surface area (TPSA) is 49.7 Å². The van der Waals surface area contributed by atoms with E-state index in [2.05, 4.69) is 13.0 Å². The third-order valence-corrected chi connectivity index (χ3v) is 10.0. The summed E-state index contributed by atoms with van der Waals surface area (Å²) in [4.78, 5) is 0. The quantitative estimate of drug-likeness (QED) is 0.529. The monoisotopic (exact) mass is 418 g/mol. The van der Waals surface area contributed by atoms with Crippen molar-refractivity contribution in [1.29, 1.82) is 0 Å². The second-order valence-electron chi connectivity index (χ2n) is 12.6. The number of hydrogen-bond donors (Lipinski definition) is 2. The Morgan fingerprint density at radius 2 is 1.87 bits per heavy atom. The number of hydrogen-bond acceptors (Lipinski definition) is 3. The second kappa shape index (κ2) is 7.89. The van der Waals surface area contributed by atoms with Crippen LogP contribution in [0, 0.1) is 34.5 Å². The molecule has 30 heavy (non-hydrogen) atoms. The third kappa shape index (κ3) is 3.92. The summed E-state index contributed by atoms with van der Waals surface area (Å²) in [6, 6.07) is 0. The van der Waals surface area contributed by atoms with E-state index in [-0.39, 0.29) is 5.41 Å². The van der Waals surface area contributed by atoms with E-state index in [0.717, 1.165) is 62.4 Å². The van der Waals surface area contributed by atoms with E-state index in [9.17, 15) is 10.2 Å². The summed E-state index contributed by atoms with van der Waals surface area (Å²) in [5, 5.41) is 20.9. The number of rotatable bonds is 6. The number of methoxy groups -OCH3 is 1. The first-order valence-electron chi connectivity index (χ1n) is 12.6. The lowest BCUT2D eigenvalue weighted by atomic mass is 9.46. The van der Waals surface area contributed by atoms with Crippen LogP contribution in [0.25, 0.3) is 0 Å². The van der Waals surface area contributed by atoms with Gasteiger partial charge in [-0.05, 0) is 114 Å². The molecule has 0 aromatic heterocycles. The maximum absolute atomic E-state index is 10.8. The largest absolute Gasteiger partial charge is 0.390 e. The molecular weight excluding hydrogens is 372 g/mol. The van der Waals surface area contributed by atoms with Gasteiger partial charge < -0.3 is 14.9 Å². The molecular formula is C27H46O3. The van der Waals surface area contributed by atoms with Crippen LogP contribution in [-0.4, -0.2) is 35.1 Å². The van der Waals surface area contributed by atoms with Crippen LogP contribution in [0.4, 0.5) is 0 Å². The molecule has 4 aliphatic carbocycles. The van der Waals surface area contributed by atoms with Crippen molar-refractivity contribution in [2.45, 2.75) is 110 Å². The summed E-state index contributed by atoms with van der Waals surface area (Å²) in [6.45, 7) is 9.34. The Bertz CT molecular complexity index is 660. The van der Waals surface area contributed by atoms with Gasteiger partial charge in [0, 0.05) is 12.5 Å². The van der Waals surface area contributed by atoms with E-state index in [4.69, 9.17) is 4.74 Å². The number of aliphatic hydroxyl groups is 2. The predicted octanol–water partition coefficient (Wildman–Crippen LogP) is 5.88. The van der Waals surface area contributed by atoms with Gasteiger partial charge in [0.15, 0.2) is 0 Å². The van der Waals surface area contributed by atoms with Crippen LogP contribution in [0.2, 0.25) is 0 Å². The van der Waals surface area contributed by atoms with Gasteiger partial charge >= 0.3 is 0 Å². The van der Waals surface area contributed by atoms with Crippen molar-refractivity contribution in [2.24, 2.45) is 34.5 Å². The molecule has 4 rings (SSSR count). The first-order chi connectivity index (χ1) is 14.0. The molecule has 0 amide bonds. The molecule has 0 bridgehead atoms. The van der Waals surface area contributed by atoms with E-state index in [1.807, 2.05) is 27.9 Å². The molecule has 0 unspecified atom stereocenters. The molecule has 3 nitrogen and oxygen atoms in total. The highest BCUT2D eigenvalue weighted by Crippen LogP contribution is 2.67. The van der Waals surface area contributed by atoms with Gasteiger partial charge in [-0.25, -0.2) is 0 Å². The Labute approximate surface area is 184 Å². The lowest BCUT2D eigenvalue weighted by molar-refractivity contribution is -0.0947. The smallest absolute Gasteiger partial charge is 0.0657 e. The summed E-state index contributed by atoms with van der Waals surface area (Å²) in [5.74, 6) is 3.16. The van der Waals surface area contributed by atoms with Crippen molar-refractivity contribution in [3.05, 3.63) is 11.6 Å². The molecule has 4 aliphatic rings. The Morgan fingerprint density at radius 1 is 1.10 bits per heavy atom. The fraction of sp³-hybridized carbons (Fsp3) is 0.926. The zero-order valence-electron chi connectivity index (χ0n) is 20.2. The molecule has 3 saturated carbocycles. The molecule has 0 saturated heterocycles. The lowest BCUT2D eigenvalue weighted by Gasteiger charge is -2.59. The molecule has 0 aromatic carbocycles. The standard InChI is InChI=1S/C27H46O3/c1-24(2,28)13-6-7-19-9-11-22-21-10-8-20-17-25(3,29)15-16-27(20,18-30-5)23(21)12-14-26(19,22)4/h8,19,21-23,28-29H,6-7,9-18H2,1-5H3/t19-,21-,22-,23-,25-,26+,27+/m0/s1. The maximum Gasteiger partial charge on any atom is 0.0657 e. The Hall–Kier alpha value is -0.380. The van der Waals surface area contributed by atoms with Gasteiger partial charge in [0.2, 0.25) is 0 Å². The average Bonchev–Trinajstić information content (AvgIpc) is 2.98. The predicted molar refractivity (Wildman–Crippen MR) is 122 cm³/mol. The van der Waals surface area contributed by atoms with Crippen molar-refractivity contribution in [3.63, 3.8) is 0 Å². The maximum atomic E-state index is 10.8. The van der Waals surface area contributed by atoms with Crippen LogP contribution < -0.4 is 0 Å². The van der Waals surface area contributed by atoms with Gasteiger partial charge in [-0.3, -0.25) is 0 Å². The van der Waals surface area contributed by atoms with Gasteiger partial charge in [-0.2, -0.15) is 0 Å². The Kier molecular flexibility index (Phi) is 5.99. The number of ether oxygens (including phenoxy) is 1. The summed E-state index contributed by atoms with van der Waals surface area (Å²) in [6.07, 6.45) is 15.3. The first kappa shape index (κ1) is 22.8. The van der Waals surface area contributed by atoms with Crippen LogP contribution >= 0.6 is 0 Å². The molecule has 0 radical (unpaired) electrons. The minimum absolute atomic E-state index is 0.167. The highest BCUT2D eigenvalue weighted by molar-refractivity contribution is 5.28. The molecule has 3 heteroatoms. The lowest BCUT2D eigenvalue weighted by Crippen LogP contribution is -2.54. The zero-order valence-corrected chi connectivity index (χ0v) is 20.2. The van der Waals surface area contributed by atoms with Gasteiger partial charge in [0.25, 0.3) is 0 Å². The summed E-state index contributed by atoms with van der Waals surface area (Å²) in [5.41, 5.74) is 1.07. The van der Waals surface area contributed by atoms with E-state index in [0.29, 0.717) is 5.41 Å². The summed E-state index contributed by atoms with van der Waals surface area (Å²) >= 11 is 0. The first-order valence-corrected chi connectivity index (χ1v) is 12.6. The average molecular weight is 419 g/mol. The van der Waals surface area contributed by atoms with E-state index >= 15 is 0 Å². The Balaban J connectivity index is 1.54. The van der Waals surface area contributed by atoms with Crippen molar-refractivity contribution in [2.75, 3.05) is 13.7 Å². The van der Waals surface area contributed by atoms with E-state index < -0.39 is 11.2 Å². The molecule has 0 heterocycles. The van der Waals surface area contributed by atoms with Crippen molar-refractivity contribution in [3.8, 4) is 0 Å². The molecule has 2 N–H and O–H groups in total. The molecule has 172 valence electrons. The van der Waals surface area contributed by atoms with E-state index in [1.54, 1.807) is 0 Å². The minimum atomic E-state index is -0.544. The number of fused-ring (bicyclic) bond motifs is 5. The summed E-state index contributed by atoms with van der Waals surface area (Å²) < 4.78 is 5.86. The zero-order chi connectivity index (χ0) is 21.8. The van der Waals surface area contributed by atoms with Crippen LogP contribution in [0.3, 0.4) is 0 Å². The third-order valence-electron chi connectivity index (χ3n) is 10.0.